The van der Waals surface area contributed by atoms with Gasteiger partial charge in [0.2, 0.25) is 0 Å². The van der Waals surface area contributed by atoms with Crippen LogP contribution in [0.3, 0.4) is 0 Å². The van der Waals surface area contributed by atoms with Crippen LogP contribution in [0.25, 0.3) is 6.08 Å². The summed E-state index contributed by atoms with van der Waals surface area (Å²) in [5.41, 5.74) is 2.36. The van der Waals surface area contributed by atoms with Gasteiger partial charge in [-0.1, -0.05) is 32.0 Å². The lowest BCUT2D eigenvalue weighted by atomic mass is 9.98. The molecule has 6 nitrogen and oxygen atoms in total. The molecule has 160 valence electrons. The fraction of sp³-hybridized carbons (Fsp3) is 0.320. The minimum absolute atomic E-state index is 0.0302. The molecule has 1 amide bonds. The summed E-state index contributed by atoms with van der Waals surface area (Å²) in [6, 6.07) is 14.5. The second-order valence-corrected chi connectivity index (χ2v) is 7.66. The largest absolute Gasteiger partial charge is 0.493 e. The van der Waals surface area contributed by atoms with E-state index in [1.54, 1.807) is 18.2 Å². The summed E-state index contributed by atoms with van der Waals surface area (Å²) in [6.45, 7) is 4.28. The van der Waals surface area contributed by atoms with Gasteiger partial charge >= 0.3 is 5.97 Å². The van der Waals surface area contributed by atoms with Gasteiger partial charge in [0.05, 0.1) is 13.0 Å². The number of nitriles is 1. The third-order valence-corrected chi connectivity index (χ3v) is 5.33. The van der Waals surface area contributed by atoms with Crippen molar-refractivity contribution in [1.29, 1.82) is 5.26 Å². The van der Waals surface area contributed by atoms with Crippen molar-refractivity contribution in [3.05, 3.63) is 59.2 Å². The summed E-state index contributed by atoms with van der Waals surface area (Å²) >= 11 is 0. The second kappa shape index (κ2) is 9.94. The Morgan fingerprint density at radius 2 is 1.90 bits per heavy atom. The van der Waals surface area contributed by atoms with Crippen molar-refractivity contribution in [2.24, 2.45) is 5.92 Å². The summed E-state index contributed by atoms with van der Waals surface area (Å²) in [5.74, 6) is 0.334. The molecule has 0 unspecified atom stereocenters. The van der Waals surface area contributed by atoms with E-state index in [9.17, 15) is 14.9 Å². The Kier molecular flexibility index (Phi) is 7.09. The molecule has 0 bridgehead atoms. The highest BCUT2D eigenvalue weighted by Crippen LogP contribution is 2.34. The first-order chi connectivity index (χ1) is 14.9. The van der Waals surface area contributed by atoms with E-state index in [-0.39, 0.29) is 17.5 Å². The van der Waals surface area contributed by atoms with Gasteiger partial charge in [-0.05, 0) is 66.6 Å². The molecule has 0 saturated heterocycles. The molecule has 31 heavy (non-hydrogen) atoms. The monoisotopic (exact) mass is 418 g/mol. The van der Waals surface area contributed by atoms with Crippen LogP contribution in [0.2, 0.25) is 0 Å². The summed E-state index contributed by atoms with van der Waals surface area (Å²) < 4.78 is 10.7. The lowest BCUT2D eigenvalue weighted by molar-refractivity contribution is -0.135. The highest BCUT2D eigenvalue weighted by atomic mass is 16.6. The van der Waals surface area contributed by atoms with Gasteiger partial charge in [0.1, 0.15) is 11.6 Å². The van der Waals surface area contributed by atoms with Crippen molar-refractivity contribution < 1.29 is 19.1 Å². The van der Waals surface area contributed by atoms with Gasteiger partial charge in [-0.3, -0.25) is 9.59 Å². The molecule has 3 rings (SSSR count). The maximum Gasteiger partial charge on any atom is 0.314 e. The zero-order valence-corrected chi connectivity index (χ0v) is 18.0. The Bertz CT molecular complexity index is 1030. The lowest BCUT2D eigenvalue weighted by Gasteiger charge is -2.11. The van der Waals surface area contributed by atoms with E-state index in [2.05, 4.69) is 19.2 Å². The molecule has 2 aromatic carbocycles. The molecule has 0 aliphatic heterocycles. The number of esters is 1. The first kappa shape index (κ1) is 22.1. The van der Waals surface area contributed by atoms with Crippen molar-refractivity contribution in [1.82, 2.24) is 0 Å². The predicted octanol–water partition coefficient (Wildman–Crippen LogP) is 5.07. The molecule has 0 heterocycles. The van der Waals surface area contributed by atoms with E-state index in [1.165, 1.54) is 18.7 Å². The quantitative estimate of drug-likeness (QED) is 0.280. The molecule has 1 saturated carbocycles. The molecule has 0 spiro atoms. The van der Waals surface area contributed by atoms with Gasteiger partial charge < -0.3 is 14.8 Å². The van der Waals surface area contributed by atoms with Crippen LogP contribution in [-0.2, 0) is 9.59 Å². The van der Waals surface area contributed by atoms with Crippen LogP contribution in [-0.4, -0.2) is 19.0 Å². The van der Waals surface area contributed by atoms with Crippen LogP contribution >= 0.6 is 0 Å². The number of hydrogen-bond acceptors (Lipinski definition) is 5. The van der Waals surface area contributed by atoms with Crippen molar-refractivity contribution in [3.63, 3.8) is 0 Å². The van der Waals surface area contributed by atoms with Gasteiger partial charge in [0.15, 0.2) is 11.5 Å². The number of nitrogens with one attached hydrogen (secondary N) is 1. The van der Waals surface area contributed by atoms with Gasteiger partial charge in [-0.2, -0.15) is 5.26 Å². The van der Waals surface area contributed by atoms with Crippen molar-refractivity contribution >= 4 is 23.6 Å². The van der Waals surface area contributed by atoms with Crippen LogP contribution < -0.4 is 14.8 Å². The zero-order valence-electron chi connectivity index (χ0n) is 18.0. The average molecular weight is 418 g/mol. The molecule has 1 aliphatic carbocycles. The van der Waals surface area contributed by atoms with Crippen molar-refractivity contribution in [2.45, 2.75) is 39.0 Å². The first-order valence-electron chi connectivity index (χ1n) is 10.4. The molecule has 1 aliphatic rings. The van der Waals surface area contributed by atoms with Gasteiger partial charge in [-0.15, -0.1) is 0 Å². The van der Waals surface area contributed by atoms with Gasteiger partial charge in [0.25, 0.3) is 5.91 Å². The average Bonchev–Trinajstić information content (AvgIpc) is 3.63. The normalized spacial score (nSPS) is 14.3. The van der Waals surface area contributed by atoms with Crippen molar-refractivity contribution in [3.8, 4) is 17.6 Å². The Balaban J connectivity index is 1.73. The van der Waals surface area contributed by atoms with E-state index in [1.807, 2.05) is 30.3 Å². The Morgan fingerprint density at radius 1 is 1.19 bits per heavy atom. The van der Waals surface area contributed by atoms with Crippen LogP contribution in [0.4, 0.5) is 5.69 Å². The third kappa shape index (κ3) is 5.73. The van der Waals surface area contributed by atoms with E-state index in [0.717, 1.165) is 19.3 Å². The second-order valence-electron chi connectivity index (χ2n) is 7.66. The topological polar surface area (TPSA) is 88.4 Å². The highest BCUT2D eigenvalue weighted by Gasteiger charge is 2.32. The van der Waals surface area contributed by atoms with Crippen LogP contribution in [0.5, 0.6) is 11.5 Å². The molecule has 1 N–H and O–H groups in total. The Hall–Kier alpha value is -3.59. The SMILES string of the molecule is CC[C@@H](C)c1ccc(NC(=O)/C(C#N)=C/c2ccc(OC(=O)C3CC3)c(OC)c2)cc1. The molecule has 1 fully saturated rings. The number of amides is 1. The number of anilines is 1. The van der Waals surface area contributed by atoms with Gasteiger partial charge in [0, 0.05) is 5.69 Å². The van der Waals surface area contributed by atoms with E-state index in [0.29, 0.717) is 28.7 Å². The number of rotatable bonds is 8. The Labute approximate surface area is 182 Å². The maximum absolute atomic E-state index is 12.6. The number of carbonyl (C=O) groups excluding carboxylic acids is 2. The summed E-state index contributed by atoms with van der Waals surface area (Å²) in [5, 5.41) is 12.2. The number of methoxy groups -OCH3 is 1. The van der Waals surface area contributed by atoms with Crippen LogP contribution in [0.1, 0.15) is 50.2 Å². The number of nitrogens with zero attached hydrogens (tertiary/aromatic N) is 1. The van der Waals surface area contributed by atoms with Crippen LogP contribution in [0.15, 0.2) is 48.0 Å². The standard InChI is InChI=1S/C25H26N2O4/c1-4-16(2)18-8-10-21(11-9-18)27-24(28)20(15-26)13-17-5-12-22(23(14-17)30-3)31-25(29)19-6-7-19/h5,8-14,16,19H,4,6-7H2,1-3H3,(H,27,28)/b20-13+/t16-/m1/s1. The van der Waals surface area contributed by atoms with Crippen molar-refractivity contribution in [2.75, 3.05) is 12.4 Å². The number of carbonyl (C=O) groups is 2. The Morgan fingerprint density at radius 3 is 2.48 bits per heavy atom. The molecular weight excluding hydrogens is 392 g/mol. The lowest BCUT2D eigenvalue weighted by Crippen LogP contribution is -2.13. The molecule has 6 heteroatoms. The maximum atomic E-state index is 12.6. The minimum atomic E-state index is -0.498. The molecule has 0 aromatic heterocycles. The molecule has 1 atom stereocenters. The third-order valence-electron chi connectivity index (χ3n) is 5.33. The summed E-state index contributed by atoms with van der Waals surface area (Å²) in [6.07, 6.45) is 4.21. The van der Waals surface area contributed by atoms with E-state index >= 15 is 0 Å². The minimum Gasteiger partial charge on any atom is -0.493 e. The smallest absolute Gasteiger partial charge is 0.314 e. The molecular formula is C25H26N2O4. The molecule has 0 radical (unpaired) electrons. The molecule has 2 aromatic rings. The predicted molar refractivity (Wildman–Crippen MR) is 119 cm³/mol. The fourth-order valence-corrected chi connectivity index (χ4v) is 3.01. The fourth-order valence-electron chi connectivity index (χ4n) is 3.01. The van der Waals surface area contributed by atoms with E-state index < -0.39 is 5.91 Å². The van der Waals surface area contributed by atoms with Gasteiger partial charge in [-0.25, -0.2) is 0 Å². The zero-order chi connectivity index (χ0) is 22.4. The summed E-state index contributed by atoms with van der Waals surface area (Å²) in [7, 11) is 1.47. The van der Waals surface area contributed by atoms with Crippen LogP contribution in [0, 0.1) is 17.2 Å². The highest BCUT2D eigenvalue weighted by molar-refractivity contribution is 6.09. The number of benzene rings is 2. The summed E-state index contributed by atoms with van der Waals surface area (Å²) in [4.78, 5) is 24.5. The van der Waals surface area contributed by atoms with E-state index in [4.69, 9.17) is 9.47 Å². The number of ether oxygens (including phenoxy) is 2. The number of hydrogen-bond donors (Lipinski definition) is 1. The first-order valence-corrected chi connectivity index (χ1v) is 10.4.